The molecule has 0 fully saturated rings. The van der Waals surface area contributed by atoms with E-state index in [2.05, 4.69) is 15.2 Å². The SMILES string of the molecule is Nc1cc(-c2cccnc2)c(=O)[nH]n1. The highest BCUT2D eigenvalue weighted by molar-refractivity contribution is 5.63. The summed E-state index contributed by atoms with van der Waals surface area (Å²) in [6, 6.07) is 5.07. The lowest BCUT2D eigenvalue weighted by molar-refractivity contribution is 1.00. The molecule has 70 valence electrons. The van der Waals surface area contributed by atoms with Crippen LogP contribution in [0.5, 0.6) is 0 Å². The predicted molar refractivity (Wildman–Crippen MR) is 52.5 cm³/mol. The minimum Gasteiger partial charge on any atom is -0.382 e. The lowest BCUT2D eigenvalue weighted by atomic mass is 10.1. The van der Waals surface area contributed by atoms with E-state index in [0.717, 1.165) is 5.56 Å². The van der Waals surface area contributed by atoms with E-state index in [-0.39, 0.29) is 11.4 Å². The average molecular weight is 188 g/mol. The Morgan fingerprint density at radius 3 is 3.00 bits per heavy atom. The van der Waals surface area contributed by atoms with E-state index < -0.39 is 0 Å². The monoisotopic (exact) mass is 188 g/mol. The van der Waals surface area contributed by atoms with Gasteiger partial charge in [-0.15, -0.1) is 0 Å². The van der Waals surface area contributed by atoms with Crippen molar-refractivity contribution in [3.05, 3.63) is 40.9 Å². The molecule has 0 aromatic carbocycles. The third-order valence-corrected chi connectivity index (χ3v) is 1.80. The van der Waals surface area contributed by atoms with E-state index in [9.17, 15) is 4.79 Å². The zero-order valence-corrected chi connectivity index (χ0v) is 7.27. The zero-order chi connectivity index (χ0) is 9.97. The summed E-state index contributed by atoms with van der Waals surface area (Å²) in [4.78, 5) is 15.3. The van der Waals surface area contributed by atoms with E-state index in [4.69, 9.17) is 5.73 Å². The molecule has 3 N–H and O–H groups in total. The number of pyridine rings is 1. The van der Waals surface area contributed by atoms with Crippen LogP contribution in [-0.2, 0) is 0 Å². The fourth-order valence-corrected chi connectivity index (χ4v) is 1.16. The molecule has 2 rings (SSSR count). The first-order valence-electron chi connectivity index (χ1n) is 4.03. The van der Waals surface area contributed by atoms with E-state index >= 15 is 0 Å². The highest BCUT2D eigenvalue weighted by Gasteiger charge is 2.03. The molecule has 0 aliphatic heterocycles. The van der Waals surface area contributed by atoms with Gasteiger partial charge in [-0.05, 0) is 12.1 Å². The quantitative estimate of drug-likeness (QED) is 0.679. The summed E-state index contributed by atoms with van der Waals surface area (Å²) in [6.45, 7) is 0. The summed E-state index contributed by atoms with van der Waals surface area (Å²) < 4.78 is 0. The molecular weight excluding hydrogens is 180 g/mol. The molecule has 0 atom stereocenters. The summed E-state index contributed by atoms with van der Waals surface area (Å²) in [5, 5.41) is 5.89. The summed E-state index contributed by atoms with van der Waals surface area (Å²) >= 11 is 0. The van der Waals surface area contributed by atoms with E-state index in [0.29, 0.717) is 5.56 Å². The molecule has 14 heavy (non-hydrogen) atoms. The Kier molecular flexibility index (Phi) is 1.98. The fraction of sp³-hybridized carbons (Fsp3) is 0. The minimum atomic E-state index is -0.271. The van der Waals surface area contributed by atoms with Crippen molar-refractivity contribution in [2.24, 2.45) is 0 Å². The topological polar surface area (TPSA) is 84.7 Å². The molecule has 0 unspecified atom stereocenters. The highest BCUT2D eigenvalue weighted by Crippen LogP contribution is 2.13. The molecule has 0 aliphatic carbocycles. The van der Waals surface area contributed by atoms with Crippen molar-refractivity contribution in [1.82, 2.24) is 15.2 Å². The van der Waals surface area contributed by atoms with Gasteiger partial charge < -0.3 is 5.73 Å². The smallest absolute Gasteiger partial charge is 0.272 e. The van der Waals surface area contributed by atoms with Crippen LogP contribution >= 0.6 is 0 Å². The zero-order valence-electron chi connectivity index (χ0n) is 7.27. The van der Waals surface area contributed by atoms with Gasteiger partial charge in [-0.2, -0.15) is 5.10 Å². The Morgan fingerprint density at radius 2 is 2.29 bits per heavy atom. The third-order valence-electron chi connectivity index (χ3n) is 1.80. The highest BCUT2D eigenvalue weighted by atomic mass is 16.1. The maximum atomic E-state index is 11.4. The first-order chi connectivity index (χ1) is 6.77. The lowest BCUT2D eigenvalue weighted by Crippen LogP contribution is -2.12. The van der Waals surface area contributed by atoms with Gasteiger partial charge in [0, 0.05) is 18.0 Å². The molecule has 5 heteroatoms. The van der Waals surface area contributed by atoms with Crippen molar-refractivity contribution in [3.63, 3.8) is 0 Å². The number of nitrogens with zero attached hydrogens (tertiary/aromatic N) is 2. The van der Waals surface area contributed by atoms with Gasteiger partial charge in [-0.3, -0.25) is 9.78 Å². The van der Waals surface area contributed by atoms with Crippen molar-refractivity contribution >= 4 is 5.82 Å². The lowest BCUT2D eigenvalue weighted by Gasteiger charge is -1.99. The van der Waals surface area contributed by atoms with Crippen LogP contribution in [0.4, 0.5) is 5.82 Å². The number of anilines is 1. The first-order valence-corrected chi connectivity index (χ1v) is 4.03. The van der Waals surface area contributed by atoms with Gasteiger partial charge in [0.25, 0.3) is 5.56 Å². The van der Waals surface area contributed by atoms with Crippen molar-refractivity contribution in [2.75, 3.05) is 5.73 Å². The van der Waals surface area contributed by atoms with Crippen LogP contribution in [0, 0.1) is 0 Å². The van der Waals surface area contributed by atoms with Gasteiger partial charge in [0.05, 0.1) is 5.56 Å². The second-order valence-electron chi connectivity index (χ2n) is 2.78. The van der Waals surface area contributed by atoms with E-state index in [1.54, 1.807) is 24.5 Å². The van der Waals surface area contributed by atoms with Gasteiger partial charge in [-0.1, -0.05) is 6.07 Å². The van der Waals surface area contributed by atoms with Gasteiger partial charge >= 0.3 is 0 Å². The van der Waals surface area contributed by atoms with Gasteiger partial charge in [-0.25, -0.2) is 5.10 Å². The molecule has 0 saturated carbocycles. The molecule has 0 saturated heterocycles. The molecule has 0 spiro atoms. The Morgan fingerprint density at radius 1 is 1.43 bits per heavy atom. The predicted octanol–water partition coefficient (Wildman–Crippen LogP) is 0.414. The number of nitrogens with two attached hydrogens (primary N) is 1. The van der Waals surface area contributed by atoms with Crippen LogP contribution in [0.3, 0.4) is 0 Å². The summed E-state index contributed by atoms with van der Waals surface area (Å²) in [7, 11) is 0. The van der Waals surface area contributed by atoms with Crippen LogP contribution in [0.2, 0.25) is 0 Å². The van der Waals surface area contributed by atoms with Gasteiger partial charge in [0.2, 0.25) is 0 Å². The average Bonchev–Trinajstić information content (AvgIpc) is 2.23. The standard InChI is InChI=1S/C9H8N4O/c10-8-4-7(9(14)13-12-8)6-2-1-3-11-5-6/h1-5H,(H2,10,12)(H,13,14). The third kappa shape index (κ3) is 1.47. The number of hydrogen-bond donors (Lipinski definition) is 2. The van der Waals surface area contributed by atoms with E-state index in [1.807, 2.05) is 0 Å². The van der Waals surface area contributed by atoms with Crippen LogP contribution < -0.4 is 11.3 Å². The number of aromatic nitrogens is 3. The van der Waals surface area contributed by atoms with E-state index in [1.165, 1.54) is 6.07 Å². The molecular formula is C9H8N4O. The van der Waals surface area contributed by atoms with Gasteiger partial charge in [0.15, 0.2) is 0 Å². The minimum absolute atomic E-state index is 0.271. The summed E-state index contributed by atoms with van der Waals surface area (Å²) in [5.74, 6) is 0.281. The normalized spacial score (nSPS) is 10.0. The molecule has 2 aromatic heterocycles. The van der Waals surface area contributed by atoms with Crippen LogP contribution in [0.15, 0.2) is 35.4 Å². The van der Waals surface area contributed by atoms with Crippen LogP contribution in [0.25, 0.3) is 11.1 Å². The Labute approximate surface area is 79.6 Å². The van der Waals surface area contributed by atoms with Gasteiger partial charge in [0.1, 0.15) is 5.82 Å². The Bertz CT molecular complexity index is 492. The van der Waals surface area contributed by atoms with Crippen molar-refractivity contribution in [1.29, 1.82) is 0 Å². The number of nitrogens with one attached hydrogen (secondary N) is 1. The number of rotatable bonds is 1. The maximum Gasteiger partial charge on any atom is 0.272 e. The second-order valence-corrected chi connectivity index (χ2v) is 2.78. The van der Waals surface area contributed by atoms with Crippen LogP contribution in [-0.4, -0.2) is 15.2 Å². The first kappa shape index (κ1) is 8.43. The van der Waals surface area contributed by atoms with Crippen LogP contribution in [0.1, 0.15) is 0 Å². The Balaban J connectivity index is 2.63. The Hall–Kier alpha value is -2.17. The fourth-order valence-electron chi connectivity index (χ4n) is 1.16. The molecule has 0 amide bonds. The molecule has 0 radical (unpaired) electrons. The molecule has 2 aromatic rings. The van der Waals surface area contributed by atoms with Crippen molar-refractivity contribution < 1.29 is 0 Å². The number of aromatic amines is 1. The molecule has 5 nitrogen and oxygen atoms in total. The molecule has 0 bridgehead atoms. The number of H-pyrrole nitrogens is 1. The van der Waals surface area contributed by atoms with Crippen molar-refractivity contribution in [2.45, 2.75) is 0 Å². The number of hydrogen-bond acceptors (Lipinski definition) is 4. The summed E-state index contributed by atoms with van der Waals surface area (Å²) in [5.41, 5.74) is 6.39. The maximum absolute atomic E-state index is 11.4. The number of nitrogen functional groups attached to an aromatic ring is 1. The summed E-state index contributed by atoms with van der Waals surface area (Å²) in [6.07, 6.45) is 3.24. The van der Waals surface area contributed by atoms with Crippen molar-refractivity contribution in [3.8, 4) is 11.1 Å². The largest absolute Gasteiger partial charge is 0.382 e. The second kappa shape index (κ2) is 3.29. The molecule has 2 heterocycles. The molecule has 0 aliphatic rings.